The van der Waals surface area contributed by atoms with Gasteiger partial charge in [0.25, 0.3) is 15.7 Å². The van der Waals surface area contributed by atoms with Crippen molar-refractivity contribution in [1.29, 1.82) is 0 Å². The van der Waals surface area contributed by atoms with Crippen LogP contribution in [0.3, 0.4) is 0 Å². The van der Waals surface area contributed by atoms with Gasteiger partial charge in [-0.3, -0.25) is 10.1 Å². The van der Waals surface area contributed by atoms with Gasteiger partial charge in [0.15, 0.2) is 5.69 Å². The monoisotopic (exact) mass is 215 g/mol. The van der Waals surface area contributed by atoms with E-state index >= 15 is 0 Å². The third-order valence-corrected chi connectivity index (χ3v) is 1.87. The number of para-hydroxylation sites is 1. The molecule has 0 aliphatic rings. The van der Waals surface area contributed by atoms with Gasteiger partial charge in [0.1, 0.15) is 0 Å². The molecule has 0 spiro atoms. The van der Waals surface area contributed by atoms with Crippen LogP contribution in [-0.4, -0.2) is 19.6 Å². The first kappa shape index (κ1) is 10.5. The molecule has 0 aliphatic carbocycles. The number of nitrogens with zero attached hydrogens (tertiary/aromatic N) is 2. The summed E-state index contributed by atoms with van der Waals surface area (Å²) < 4.78 is 24.8. The van der Waals surface area contributed by atoms with Crippen LogP contribution in [-0.2, 0) is 10.0 Å². The van der Waals surface area contributed by atoms with Crippen molar-refractivity contribution >= 4 is 21.4 Å². The van der Waals surface area contributed by atoms with E-state index in [9.17, 15) is 18.5 Å². The van der Waals surface area contributed by atoms with E-state index in [1.54, 1.807) is 0 Å². The van der Waals surface area contributed by atoms with E-state index in [2.05, 4.69) is 4.72 Å². The highest BCUT2D eigenvalue weighted by atomic mass is 32.2. The standard InChI is InChI=1S/C7H7N2O4S/c1-14(12,13)8-6-4-2-3-5-7(6)9(10)11/h2-5H,1H3. The maximum atomic E-state index is 10.8. The Hall–Kier alpha value is -1.63. The molecule has 1 aromatic rings. The van der Waals surface area contributed by atoms with E-state index in [0.717, 1.165) is 6.26 Å². The minimum Gasteiger partial charge on any atom is -0.258 e. The van der Waals surface area contributed by atoms with Crippen LogP contribution in [0, 0.1) is 10.1 Å². The summed E-state index contributed by atoms with van der Waals surface area (Å²) in [6, 6.07) is 5.40. The van der Waals surface area contributed by atoms with Crippen LogP contribution in [0.5, 0.6) is 0 Å². The van der Waals surface area contributed by atoms with Gasteiger partial charge >= 0.3 is 0 Å². The molecule has 0 aliphatic heterocycles. The fraction of sp³-hybridized carbons (Fsp3) is 0.143. The average molecular weight is 215 g/mol. The number of benzene rings is 1. The van der Waals surface area contributed by atoms with Gasteiger partial charge < -0.3 is 0 Å². The highest BCUT2D eigenvalue weighted by Gasteiger charge is 2.16. The molecule has 1 radical (unpaired) electrons. The molecule has 0 saturated heterocycles. The Labute approximate surface area is 80.8 Å². The summed E-state index contributed by atoms with van der Waals surface area (Å²) in [4.78, 5) is 9.78. The molecule has 0 fully saturated rings. The van der Waals surface area contributed by atoms with Crippen LogP contribution < -0.4 is 4.72 Å². The van der Waals surface area contributed by atoms with E-state index in [0.29, 0.717) is 0 Å². The Bertz CT molecular complexity index is 455. The Morgan fingerprint density at radius 1 is 1.36 bits per heavy atom. The molecule has 7 heteroatoms. The SMILES string of the molecule is CS(=O)(=O)[N]c1ccccc1[N+](=O)[O-]. The molecule has 75 valence electrons. The topological polar surface area (TPSA) is 91.4 Å². The van der Waals surface area contributed by atoms with Gasteiger partial charge in [0.2, 0.25) is 0 Å². The van der Waals surface area contributed by atoms with Crippen LogP contribution in [0.25, 0.3) is 0 Å². The molecule has 0 N–H and O–H groups in total. The molecule has 0 aromatic heterocycles. The molecule has 6 nitrogen and oxygen atoms in total. The van der Waals surface area contributed by atoms with Crippen LogP contribution in [0.2, 0.25) is 0 Å². The van der Waals surface area contributed by atoms with Gasteiger partial charge in [-0.05, 0) is 6.07 Å². The van der Waals surface area contributed by atoms with Crippen LogP contribution in [0.4, 0.5) is 11.4 Å². The van der Waals surface area contributed by atoms with Crippen molar-refractivity contribution in [3.8, 4) is 0 Å². The smallest absolute Gasteiger partial charge is 0.258 e. The largest absolute Gasteiger partial charge is 0.295 e. The van der Waals surface area contributed by atoms with Crippen molar-refractivity contribution in [1.82, 2.24) is 4.72 Å². The van der Waals surface area contributed by atoms with E-state index in [1.165, 1.54) is 24.3 Å². The minimum absolute atomic E-state index is 0.153. The summed E-state index contributed by atoms with van der Waals surface area (Å²) in [5, 5.41) is 10.5. The Balaban J connectivity index is 3.15. The van der Waals surface area contributed by atoms with Gasteiger partial charge in [-0.15, -0.1) is 0 Å². The molecule has 0 heterocycles. The predicted octanol–water partition coefficient (Wildman–Crippen LogP) is 0.790. The van der Waals surface area contributed by atoms with Gasteiger partial charge in [0, 0.05) is 6.07 Å². The van der Waals surface area contributed by atoms with Crippen molar-refractivity contribution in [3.63, 3.8) is 0 Å². The third-order valence-electron chi connectivity index (χ3n) is 1.34. The van der Waals surface area contributed by atoms with E-state index < -0.39 is 14.9 Å². The summed E-state index contributed by atoms with van der Waals surface area (Å²) >= 11 is 0. The number of hydrogen-bond donors (Lipinski definition) is 0. The Morgan fingerprint density at radius 3 is 2.43 bits per heavy atom. The molecule has 0 amide bonds. The summed E-state index contributed by atoms with van der Waals surface area (Å²) in [5.74, 6) is 0. The van der Waals surface area contributed by atoms with E-state index in [4.69, 9.17) is 0 Å². The van der Waals surface area contributed by atoms with Gasteiger partial charge in [-0.1, -0.05) is 12.1 Å². The minimum atomic E-state index is -3.61. The molecule has 14 heavy (non-hydrogen) atoms. The second-order valence-corrected chi connectivity index (χ2v) is 4.22. The molecular weight excluding hydrogens is 208 g/mol. The van der Waals surface area contributed by atoms with Crippen molar-refractivity contribution in [2.24, 2.45) is 0 Å². The summed E-state index contributed by atoms with van der Waals surface area (Å²) in [5.41, 5.74) is -0.474. The zero-order valence-electron chi connectivity index (χ0n) is 7.25. The number of hydrogen-bond acceptors (Lipinski definition) is 4. The molecule has 0 atom stereocenters. The molecule has 0 saturated carbocycles. The second kappa shape index (κ2) is 3.62. The zero-order chi connectivity index (χ0) is 10.8. The predicted molar refractivity (Wildman–Crippen MR) is 49.7 cm³/mol. The first-order valence-corrected chi connectivity index (χ1v) is 5.41. The number of nitro groups is 1. The summed E-state index contributed by atoms with van der Waals surface area (Å²) in [6.07, 6.45) is 0.879. The summed E-state index contributed by atoms with van der Waals surface area (Å²) in [6.45, 7) is 0. The first-order valence-electron chi connectivity index (χ1n) is 3.56. The van der Waals surface area contributed by atoms with Crippen molar-refractivity contribution < 1.29 is 13.3 Å². The lowest BCUT2D eigenvalue weighted by atomic mass is 10.3. The van der Waals surface area contributed by atoms with Gasteiger partial charge in [-0.2, -0.15) is 4.72 Å². The average Bonchev–Trinajstić information content (AvgIpc) is 2.01. The second-order valence-electron chi connectivity index (χ2n) is 2.57. The molecule has 0 bridgehead atoms. The number of rotatable bonds is 3. The van der Waals surface area contributed by atoms with Crippen LogP contribution in [0.15, 0.2) is 24.3 Å². The molecule has 1 aromatic carbocycles. The zero-order valence-corrected chi connectivity index (χ0v) is 8.06. The number of nitro benzene ring substituents is 1. The Kier molecular flexibility index (Phi) is 2.70. The third kappa shape index (κ3) is 2.70. The lowest BCUT2D eigenvalue weighted by Gasteiger charge is -1.99. The van der Waals surface area contributed by atoms with Crippen LogP contribution >= 0.6 is 0 Å². The van der Waals surface area contributed by atoms with Gasteiger partial charge in [0.05, 0.1) is 11.2 Å². The lowest BCUT2D eigenvalue weighted by Crippen LogP contribution is -2.09. The van der Waals surface area contributed by atoms with Crippen LogP contribution in [0.1, 0.15) is 0 Å². The first-order chi connectivity index (χ1) is 6.40. The highest BCUT2D eigenvalue weighted by molar-refractivity contribution is 7.88. The highest BCUT2D eigenvalue weighted by Crippen LogP contribution is 2.23. The van der Waals surface area contributed by atoms with Crippen molar-refractivity contribution in [3.05, 3.63) is 34.4 Å². The van der Waals surface area contributed by atoms with Gasteiger partial charge in [-0.25, -0.2) is 8.42 Å². The maximum absolute atomic E-state index is 10.8. The molecular formula is C7H7N2O4S. The lowest BCUT2D eigenvalue weighted by molar-refractivity contribution is -0.384. The quantitative estimate of drug-likeness (QED) is 0.550. The fourth-order valence-electron chi connectivity index (χ4n) is 0.874. The maximum Gasteiger partial charge on any atom is 0.295 e. The van der Waals surface area contributed by atoms with E-state index in [-0.39, 0.29) is 11.4 Å². The fourth-order valence-corrected chi connectivity index (χ4v) is 1.39. The van der Waals surface area contributed by atoms with Crippen molar-refractivity contribution in [2.75, 3.05) is 6.26 Å². The molecule has 0 unspecified atom stereocenters. The normalized spacial score (nSPS) is 10.9. The van der Waals surface area contributed by atoms with Crippen molar-refractivity contribution in [2.45, 2.75) is 0 Å². The van der Waals surface area contributed by atoms with E-state index in [1.807, 2.05) is 0 Å². The Morgan fingerprint density at radius 2 is 1.93 bits per heavy atom. The molecule has 1 rings (SSSR count). The number of sulfonamides is 1. The summed E-state index contributed by atoms with van der Waals surface area (Å²) in [7, 11) is -3.61.